The molecule has 0 amide bonds. The molecule has 1 aromatic rings. The van der Waals surface area contributed by atoms with Gasteiger partial charge in [0.25, 0.3) is 0 Å². The largest absolute Gasteiger partial charge is 0.378 e. The number of aromatic nitrogens is 1. The van der Waals surface area contributed by atoms with Crippen LogP contribution < -0.4 is 5.32 Å². The molecule has 3 nitrogen and oxygen atoms in total. The number of rotatable bonds is 9. The molecule has 0 aliphatic carbocycles. The summed E-state index contributed by atoms with van der Waals surface area (Å²) in [6.45, 7) is 7.19. The first-order valence-corrected chi connectivity index (χ1v) is 6.54. The minimum atomic E-state index is 0.353. The summed E-state index contributed by atoms with van der Waals surface area (Å²) in [4.78, 5) is 4.01. The average Bonchev–Trinajstić information content (AvgIpc) is 2.36. The quantitative estimate of drug-likeness (QED) is 0.669. The molecule has 1 rings (SSSR count). The van der Waals surface area contributed by atoms with Crippen molar-refractivity contribution < 1.29 is 4.74 Å². The van der Waals surface area contributed by atoms with Crippen molar-refractivity contribution in [3.8, 4) is 0 Å². The Balaban J connectivity index is 2.00. The van der Waals surface area contributed by atoms with Crippen LogP contribution in [0, 0.1) is 0 Å². The van der Waals surface area contributed by atoms with Gasteiger partial charge in [0, 0.05) is 19.0 Å². The van der Waals surface area contributed by atoms with Gasteiger partial charge in [-0.1, -0.05) is 6.92 Å². The fourth-order valence-electron chi connectivity index (χ4n) is 1.68. The van der Waals surface area contributed by atoms with Crippen molar-refractivity contribution in [2.45, 2.75) is 39.2 Å². The van der Waals surface area contributed by atoms with Gasteiger partial charge < -0.3 is 10.1 Å². The van der Waals surface area contributed by atoms with E-state index in [9.17, 15) is 0 Å². The molecule has 0 aromatic carbocycles. The van der Waals surface area contributed by atoms with Crippen molar-refractivity contribution in [1.29, 1.82) is 0 Å². The molecule has 1 heterocycles. The van der Waals surface area contributed by atoms with Crippen molar-refractivity contribution in [2.75, 3.05) is 19.7 Å². The van der Waals surface area contributed by atoms with Crippen LogP contribution in [0.25, 0.3) is 0 Å². The molecule has 0 saturated heterocycles. The van der Waals surface area contributed by atoms with Gasteiger partial charge >= 0.3 is 0 Å². The molecule has 1 atom stereocenters. The van der Waals surface area contributed by atoms with Crippen molar-refractivity contribution in [2.24, 2.45) is 0 Å². The Morgan fingerprint density at radius 3 is 2.82 bits per heavy atom. The van der Waals surface area contributed by atoms with Crippen LogP contribution >= 0.6 is 0 Å². The molecule has 0 radical (unpaired) electrons. The van der Waals surface area contributed by atoms with Crippen LogP contribution in [-0.4, -0.2) is 30.8 Å². The second-order valence-electron chi connectivity index (χ2n) is 4.28. The van der Waals surface area contributed by atoms with Crippen LogP contribution in [0.4, 0.5) is 0 Å². The molecule has 96 valence electrons. The number of hydrogen-bond donors (Lipinski definition) is 1. The Morgan fingerprint density at radius 2 is 2.12 bits per heavy atom. The van der Waals surface area contributed by atoms with Crippen LogP contribution in [0.5, 0.6) is 0 Å². The fraction of sp³-hybridized carbons (Fsp3) is 0.643. The minimum absolute atomic E-state index is 0.353. The predicted molar refractivity (Wildman–Crippen MR) is 71.1 cm³/mol. The maximum atomic E-state index is 5.75. The first-order valence-electron chi connectivity index (χ1n) is 6.54. The highest BCUT2D eigenvalue weighted by Crippen LogP contribution is 2.03. The summed E-state index contributed by atoms with van der Waals surface area (Å²) in [6, 6.07) is 4.13. The van der Waals surface area contributed by atoms with E-state index in [4.69, 9.17) is 4.74 Å². The summed E-state index contributed by atoms with van der Waals surface area (Å²) in [5, 5.41) is 3.31. The zero-order valence-corrected chi connectivity index (χ0v) is 11.0. The molecule has 3 heteroatoms. The first-order chi connectivity index (χ1) is 8.33. The third-order valence-corrected chi connectivity index (χ3v) is 2.74. The molecule has 1 unspecified atom stereocenters. The molecule has 0 fully saturated rings. The summed E-state index contributed by atoms with van der Waals surface area (Å²) < 4.78 is 5.75. The van der Waals surface area contributed by atoms with E-state index in [0.717, 1.165) is 39.0 Å². The number of ether oxygens (including phenoxy) is 1. The molecule has 0 aliphatic heterocycles. The van der Waals surface area contributed by atoms with Crippen LogP contribution in [0.15, 0.2) is 24.5 Å². The van der Waals surface area contributed by atoms with Crippen molar-refractivity contribution >= 4 is 0 Å². The Hall–Kier alpha value is -0.930. The van der Waals surface area contributed by atoms with Crippen LogP contribution in [0.3, 0.4) is 0 Å². The van der Waals surface area contributed by atoms with E-state index in [1.807, 2.05) is 12.4 Å². The van der Waals surface area contributed by atoms with E-state index in [2.05, 4.69) is 36.3 Å². The third-order valence-electron chi connectivity index (χ3n) is 2.74. The highest BCUT2D eigenvalue weighted by atomic mass is 16.5. The van der Waals surface area contributed by atoms with Gasteiger partial charge in [-0.15, -0.1) is 0 Å². The number of nitrogens with zero attached hydrogens (tertiary/aromatic N) is 1. The van der Waals surface area contributed by atoms with Crippen molar-refractivity contribution in [3.05, 3.63) is 30.1 Å². The van der Waals surface area contributed by atoms with Gasteiger partial charge in [-0.05, 0) is 57.0 Å². The Bertz CT molecular complexity index is 277. The summed E-state index contributed by atoms with van der Waals surface area (Å²) in [5.41, 5.74) is 1.34. The average molecular weight is 236 g/mol. The van der Waals surface area contributed by atoms with Gasteiger partial charge in [-0.3, -0.25) is 4.98 Å². The SMILES string of the molecule is CCNCCC(C)OCCCc1ccncc1. The van der Waals surface area contributed by atoms with Gasteiger partial charge in [-0.2, -0.15) is 0 Å². The smallest absolute Gasteiger partial charge is 0.0559 e. The van der Waals surface area contributed by atoms with Gasteiger partial charge in [-0.25, -0.2) is 0 Å². The highest BCUT2D eigenvalue weighted by molar-refractivity contribution is 5.09. The molecule has 0 saturated carbocycles. The Labute approximate surface area is 105 Å². The van der Waals surface area contributed by atoms with Crippen LogP contribution in [-0.2, 0) is 11.2 Å². The number of nitrogens with one attached hydrogen (secondary N) is 1. The minimum Gasteiger partial charge on any atom is -0.378 e. The lowest BCUT2D eigenvalue weighted by Gasteiger charge is -2.13. The van der Waals surface area contributed by atoms with Crippen molar-refractivity contribution in [3.63, 3.8) is 0 Å². The summed E-state index contributed by atoms with van der Waals surface area (Å²) in [7, 11) is 0. The van der Waals surface area contributed by atoms with Gasteiger partial charge in [0.05, 0.1) is 6.10 Å². The maximum Gasteiger partial charge on any atom is 0.0559 e. The zero-order valence-electron chi connectivity index (χ0n) is 11.0. The first kappa shape index (κ1) is 14.1. The Kier molecular flexibility index (Phi) is 7.60. The second-order valence-corrected chi connectivity index (χ2v) is 4.28. The van der Waals surface area contributed by atoms with E-state index in [-0.39, 0.29) is 0 Å². The molecule has 1 aromatic heterocycles. The molecule has 17 heavy (non-hydrogen) atoms. The van der Waals surface area contributed by atoms with Gasteiger partial charge in [0.1, 0.15) is 0 Å². The lowest BCUT2D eigenvalue weighted by Crippen LogP contribution is -2.20. The molecular formula is C14H24N2O. The van der Waals surface area contributed by atoms with E-state index < -0.39 is 0 Å². The number of pyridine rings is 1. The molecule has 0 aliphatic rings. The maximum absolute atomic E-state index is 5.75. The van der Waals surface area contributed by atoms with E-state index >= 15 is 0 Å². The summed E-state index contributed by atoms with van der Waals surface area (Å²) >= 11 is 0. The lowest BCUT2D eigenvalue weighted by molar-refractivity contribution is 0.0590. The topological polar surface area (TPSA) is 34.1 Å². The van der Waals surface area contributed by atoms with E-state index in [1.165, 1.54) is 5.56 Å². The monoisotopic (exact) mass is 236 g/mol. The highest BCUT2D eigenvalue weighted by Gasteiger charge is 2.01. The van der Waals surface area contributed by atoms with Gasteiger partial charge in [0.15, 0.2) is 0 Å². The normalized spacial score (nSPS) is 12.6. The summed E-state index contributed by atoms with van der Waals surface area (Å²) in [5.74, 6) is 0. The fourth-order valence-corrected chi connectivity index (χ4v) is 1.68. The predicted octanol–water partition coefficient (Wildman–Crippen LogP) is 2.42. The molecule has 1 N–H and O–H groups in total. The lowest BCUT2D eigenvalue weighted by atomic mass is 10.1. The number of hydrogen-bond acceptors (Lipinski definition) is 3. The second kappa shape index (κ2) is 9.14. The molecule has 0 spiro atoms. The van der Waals surface area contributed by atoms with Crippen LogP contribution in [0.1, 0.15) is 32.3 Å². The zero-order chi connectivity index (χ0) is 12.3. The Morgan fingerprint density at radius 1 is 1.35 bits per heavy atom. The third kappa shape index (κ3) is 7.08. The van der Waals surface area contributed by atoms with Gasteiger partial charge in [0.2, 0.25) is 0 Å². The number of aryl methyl sites for hydroxylation is 1. The standard InChI is InChI=1S/C14H24N2O/c1-3-15-9-6-13(2)17-12-4-5-14-7-10-16-11-8-14/h7-8,10-11,13,15H,3-6,9,12H2,1-2H3. The molecule has 0 bridgehead atoms. The van der Waals surface area contributed by atoms with E-state index in [1.54, 1.807) is 0 Å². The summed E-state index contributed by atoms with van der Waals surface area (Å²) in [6.07, 6.45) is 7.28. The van der Waals surface area contributed by atoms with Crippen LogP contribution in [0.2, 0.25) is 0 Å². The van der Waals surface area contributed by atoms with E-state index in [0.29, 0.717) is 6.10 Å². The van der Waals surface area contributed by atoms with Crippen molar-refractivity contribution in [1.82, 2.24) is 10.3 Å². The molecular weight excluding hydrogens is 212 g/mol.